The topological polar surface area (TPSA) is 60.6 Å². The van der Waals surface area contributed by atoms with Gasteiger partial charge in [0.15, 0.2) is 0 Å². The second-order valence-corrected chi connectivity index (χ2v) is 5.93. The molecule has 0 saturated heterocycles. The van der Waals surface area contributed by atoms with Crippen molar-refractivity contribution in [3.05, 3.63) is 29.3 Å². The Hall–Kier alpha value is -1.40. The number of aryl methyl sites for hydroxylation is 2. The highest BCUT2D eigenvalue weighted by atomic mass is 35.5. The molecule has 2 aromatic heterocycles. The number of rotatable bonds is 5. The first-order valence-electron chi connectivity index (χ1n) is 6.24. The minimum absolute atomic E-state index is 0.0790. The van der Waals surface area contributed by atoms with E-state index >= 15 is 0 Å². The van der Waals surface area contributed by atoms with Crippen LogP contribution in [0.15, 0.2) is 18.6 Å². The van der Waals surface area contributed by atoms with Crippen LogP contribution in [0.5, 0.6) is 0 Å². The van der Waals surface area contributed by atoms with Crippen molar-refractivity contribution in [3.8, 4) is 0 Å². The van der Waals surface area contributed by atoms with Gasteiger partial charge in [-0.05, 0) is 20.8 Å². The van der Waals surface area contributed by atoms with Gasteiger partial charge in [-0.1, -0.05) is 16.8 Å². The molecule has 0 aromatic carbocycles. The van der Waals surface area contributed by atoms with Gasteiger partial charge in [-0.25, -0.2) is 0 Å². The number of hydrogen-bond donors (Lipinski definition) is 1. The van der Waals surface area contributed by atoms with Gasteiger partial charge < -0.3 is 5.32 Å². The van der Waals surface area contributed by atoms with Gasteiger partial charge >= 0.3 is 0 Å². The van der Waals surface area contributed by atoms with Crippen LogP contribution in [0.3, 0.4) is 0 Å². The second kappa shape index (κ2) is 5.71. The van der Waals surface area contributed by atoms with Crippen LogP contribution < -0.4 is 5.32 Å². The predicted octanol–water partition coefficient (Wildman–Crippen LogP) is 1.72. The number of nitrogens with zero attached hydrogens (tertiary/aromatic N) is 5. The van der Waals surface area contributed by atoms with E-state index < -0.39 is 0 Å². The molecule has 0 unspecified atom stereocenters. The van der Waals surface area contributed by atoms with Crippen molar-refractivity contribution in [2.45, 2.75) is 45.9 Å². The number of nitrogens with one attached hydrogen (secondary N) is 1. The molecule has 0 aliphatic rings. The van der Waals surface area contributed by atoms with Crippen molar-refractivity contribution in [2.75, 3.05) is 0 Å². The van der Waals surface area contributed by atoms with E-state index in [1.54, 1.807) is 17.1 Å². The van der Waals surface area contributed by atoms with Crippen LogP contribution in [0.1, 0.15) is 26.5 Å². The molecule has 0 amide bonds. The Morgan fingerprint density at radius 2 is 1.95 bits per heavy atom. The Kier molecular flexibility index (Phi) is 4.21. The molecule has 0 fully saturated rings. The summed E-state index contributed by atoms with van der Waals surface area (Å²) in [7, 11) is 0. The molecule has 1 N–H and O–H groups in total. The molecule has 0 bridgehead atoms. The fraction of sp³-hybridized carbons (Fsp3) is 0.583. The smallest absolute Gasteiger partial charge is 0.0965 e. The Morgan fingerprint density at radius 1 is 1.21 bits per heavy atom. The van der Waals surface area contributed by atoms with Crippen molar-refractivity contribution < 1.29 is 0 Å². The standard InChI is InChI=1S/C12H19ClN6/c1-12(2,3)14-7-11-9-19(17-16-11)5-4-18-8-10(13)6-15-18/h6,8-9,14H,4-5,7H2,1-3H3. The van der Waals surface area contributed by atoms with Crippen LogP contribution in [0.2, 0.25) is 5.02 Å². The molecule has 2 aromatic rings. The molecule has 0 aliphatic heterocycles. The highest BCUT2D eigenvalue weighted by Crippen LogP contribution is 2.05. The SMILES string of the molecule is CC(C)(C)NCc1cn(CCn2cc(Cl)cn2)nn1. The number of hydrogen-bond acceptors (Lipinski definition) is 4. The summed E-state index contributed by atoms with van der Waals surface area (Å²) in [4.78, 5) is 0. The van der Waals surface area contributed by atoms with Gasteiger partial charge in [0.2, 0.25) is 0 Å². The van der Waals surface area contributed by atoms with Gasteiger partial charge in [0.1, 0.15) is 0 Å². The average molecular weight is 283 g/mol. The maximum atomic E-state index is 5.80. The maximum absolute atomic E-state index is 5.80. The van der Waals surface area contributed by atoms with E-state index in [1.807, 2.05) is 10.9 Å². The Morgan fingerprint density at radius 3 is 2.58 bits per heavy atom. The van der Waals surface area contributed by atoms with E-state index in [-0.39, 0.29) is 5.54 Å². The summed E-state index contributed by atoms with van der Waals surface area (Å²) in [5.41, 5.74) is 1.02. The third-order valence-electron chi connectivity index (χ3n) is 2.55. The van der Waals surface area contributed by atoms with Crippen LogP contribution >= 0.6 is 11.6 Å². The van der Waals surface area contributed by atoms with Gasteiger partial charge in [-0.3, -0.25) is 9.36 Å². The van der Waals surface area contributed by atoms with Crippen molar-refractivity contribution >= 4 is 11.6 Å². The average Bonchev–Trinajstić information content (AvgIpc) is 2.92. The zero-order valence-corrected chi connectivity index (χ0v) is 12.2. The lowest BCUT2D eigenvalue weighted by atomic mass is 10.1. The Labute approximate surface area is 117 Å². The highest BCUT2D eigenvalue weighted by molar-refractivity contribution is 6.30. The third-order valence-corrected chi connectivity index (χ3v) is 2.74. The summed E-state index contributed by atoms with van der Waals surface area (Å²) >= 11 is 5.80. The van der Waals surface area contributed by atoms with Crippen molar-refractivity contribution in [1.29, 1.82) is 0 Å². The summed E-state index contributed by atoms with van der Waals surface area (Å²) in [5, 5.41) is 16.4. The highest BCUT2D eigenvalue weighted by Gasteiger charge is 2.10. The molecule has 0 atom stereocenters. The van der Waals surface area contributed by atoms with Crippen LogP contribution in [0.4, 0.5) is 0 Å². The summed E-state index contributed by atoms with van der Waals surface area (Å²) in [6.07, 6.45) is 5.37. The molecule has 7 heteroatoms. The van der Waals surface area contributed by atoms with Gasteiger partial charge in [0.25, 0.3) is 0 Å². The molecular formula is C12H19ClN6. The molecular weight excluding hydrogens is 264 g/mol. The van der Waals surface area contributed by atoms with Gasteiger partial charge in [-0.2, -0.15) is 5.10 Å². The molecule has 0 saturated carbocycles. The van der Waals surface area contributed by atoms with Gasteiger partial charge in [0.05, 0.1) is 30.0 Å². The zero-order chi connectivity index (χ0) is 13.9. The molecule has 2 rings (SSSR count). The minimum atomic E-state index is 0.0790. The van der Waals surface area contributed by atoms with E-state index in [2.05, 4.69) is 41.5 Å². The molecule has 0 radical (unpaired) electrons. The van der Waals surface area contributed by atoms with Crippen LogP contribution in [-0.2, 0) is 19.6 Å². The molecule has 6 nitrogen and oxygen atoms in total. The maximum Gasteiger partial charge on any atom is 0.0965 e. The summed E-state index contributed by atoms with van der Waals surface area (Å²) in [6, 6.07) is 0. The van der Waals surface area contributed by atoms with Gasteiger partial charge in [0, 0.05) is 24.5 Å². The van der Waals surface area contributed by atoms with Crippen LogP contribution in [0, 0.1) is 0 Å². The lowest BCUT2D eigenvalue weighted by molar-refractivity contribution is 0.421. The van der Waals surface area contributed by atoms with E-state index in [4.69, 9.17) is 11.6 Å². The third kappa shape index (κ3) is 4.65. The normalized spacial score (nSPS) is 12.0. The van der Waals surface area contributed by atoms with Crippen molar-refractivity contribution in [1.82, 2.24) is 30.1 Å². The molecule has 19 heavy (non-hydrogen) atoms. The first-order chi connectivity index (χ1) is 8.92. The largest absolute Gasteiger partial charge is 0.306 e. The van der Waals surface area contributed by atoms with E-state index in [1.165, 1.54) is 0 Å². The van der Waals surface area contributed by atoms with Crippen LogP contribution in [0.25, 0.3) is 0 Å². The van der Waals surface area contributed by atoms with E-state index in [0.717, 1.165) is 25.3 Å². The van der Waals surface area contributed by atoms with Crippen molar-refractivity contribution in [2.24, 2.45) is 0 Å². The number of aromatic nitrogens is 5. The molecule has 0 aliphatic carbocycles. The Balaban J connectivity index is 1.84. The van der Waals surface area contributed by atoms with Crippen molar-refractivity contribution in [3.63, 3.8) is 0 Å². The number of halogens is 1. The zero-order valence-electron chi connectivity index (χ0n) is 11.5. The molecule has 104 valence electrons. The minimum Gasteiger partial charge on any atom is -0.306 e. The van der Waals surface area contributed by atoms with Crippen LogP contribution in [-0.4, -0.2) is 30.3 Å². The van der Waals surface area contributed by atoms with E-state index in [9.17, 15) is 0 Å². The fourth-order valence-electron chi connectivity index (χ4n) is 1.55. The molecule has 2 heterocycles. The second-order valence-electron chi connectivity index (χ2n) is 5.50. The van der Waals surface area contributed by atoms with Gasteiger partial charge in [-0.15, -0.1) is 5.10 Å². The molecule has 0 spiro atoms. The predicted molar refractivity (Wildman–Crippen MR) is 73.9 cm³/mol. The quantitative estimate of drug-likeness (QED) is 0.907. The lowest BCUT2D eigenvalue weighted by Crippen LogP contribution is -2.35. The fourth-order valence-corrected chi connectivity index (χ4v) is 1.71. The summed E-state index contributed by atoms with van der Waals surface area (Å²) in [6.45, 7) is 8.54. The summed E-state index contributed by atoms with van der Waals surface area (Å²) in [5.74, 6) is 0. The first kappa shape index (κ1) is 14.0. The first-order valence-corrected chi connectivity index (χ1v) is 6.62. The summed E-state index contributed by atoms with van der Waals surface area (Å²) < 4.78 is 3.60. The lowest BCUT2D eigenvalue weighted by Gasteiger charge is -2.19. The monoisotopic (exact) mass is 282 g/mol. The Bertz CT molecular complexity index is 524. The van der Waals surface area contributed by atoms with E-state index in [0.29, 0.717) is 5.02 Å².